The lowest BCUT2D eigenvalue weighted by Gasteiger charge is -2.07. The second-order valence-electron chi connectivity index (χ2n) is 4.60. The molecule has 0 saturated heterocycles. The van der Waals surface area contributed by atoms with E-state index in [0.29, 0.717) is 0 Å². The Bertz CT molecular complexity index is 369. The summed E-state index contributed by atoms with van der Waals surface area (Å²) in [5.41, 5.74) is 2.81. The van der Waals surface area contributed by atoms with Crippen LogP contribution in [0.4, 0.5) is 0 Å². The minimum absolute atomic E-state index is 1.18. The van der Waals surface area contributed by atoms with Gasteiger partial charge >= 0.3 is 0 Å². The SMILES string of the molecule is C(#CC1=CCCCC1)/C=C/C1=CCCCC1. The minimum Gasteiger partial charge on any atom is -0.0813 e. The summed E-state index contributed by atoms with van der Waals surface area (Å²) in [6.07, 6.45) is 19.1. The molecule has 16 heavy (non-hydrogen) atoms. The molecular formula is C16H20. The van der Waals surface area contributed by atoms with Crippen molar-refractivity contribution in [1.82, 2.24) is 0 Å². The van der Waals surface area contributed by atoms with E-state index >= 15 is 0 Å². The molecular weight excluding hydrogens is 192 g/mol. The molecule has 0 heterocycles. The highest BCUT2D eigenvalue weighted by atomic mass is 14.0. The summed E-state index contributed by atoms with van der Waals surface area (Å²) in [6.45, 7) is 0. The van der Waals surface area contributed by atoms with E-state index in [1.54, 1.807) is 0 Å². The third kappa shape index (κ3) is 3.74. The van der Waals surface area contributed by atoms with Crippen LogP contribution in [0.5, 0.6) is 0 Å². The molecule has 0 spiro atoms. The second-order valence-corrected chi connectivity index (χ2v) is 4.60. The Morgan fingerprint density at radius 2 is 1.75 bits per heavy atom. The highest BCUT2D eigenvalue weighted by Crippen LogP contribution is 2.18. The lowest BCUT2D eigenvalue weighted by molar-refractivity contribution is 0.712. The van der Waals surface area contributed by atoms with Crippen molar-refractivity contribution in [2.45, 2.75) is 51.4 Å². The molecule has 0 N–H and O–H groups in total. The molecule has 0 heteroatoms. The summed E-state index contributed by atoms with van der Waals surface area (Å²) in [7, 11) is 0. The first-order valence-corrected chi connectivity index (χ1v) is 6.51. The summed E-state index contributed by atoms with van der Waals surface area (Å²) in [4.78, 5) is 0. The first kappa shape index (κ1) is 11.3. The van der Waals surface area contributed by atoms with Crippen molar-refractivity contribution >= 4 is 0 Å². The maximum atomic E-state index is 3.26. The monoisotopic (exact) mass is 212 g/mol. The Balaban J connectivity index is 1.86. The molecule has 0 bridgehead atoms. The molecule has 0 saturated carbocycles. The smallest absolute Gasteiger partial charge is 0.00160 e. The van der Waals surface area contributed by atoms with Gasteiger partial charge in [0.25, 0.3) is 0 Å². The van der Waals surface area contributed by atoms with Crippen LogP contribution in [0.15, 0.2) is 35.5 Å². The molecule has 0 aliphatic heterocycles. The van der Waals surface area contributed by atoms with Crippen molar-refractivity contribution < 1.29 is 0 Å². The average Bonchev–Trinajstić information content (AvgIpc) is 2.37. The zero-order valence-corrected chi connectivity index (χ0v) is 9.97. The van der Waals surface area contributed by atoms with Gasteiger partial charge in [-0.3, -0.25) is 0 Å². The largest absolute Gasteiger partial charge is 0.0813 e. The van der Waals surface area contributed by atoms with Crippen LogP contribution in [0.3, 0.4) is 0 Å². The fourth-order valence-electron chi connectivity index (χ4n) is 2.25. The number of hydrogen-bond donors (Lipinski definition) is 0. The summed E-state index contributed by atoms with van der Waals surface area (Å²) < 4.78 is 0. The van der Waals surface area contributed by atoms with Crippen molar-refractivity contribution in [3.05, 3.63) is 35.5 Å². The van der Waals surface area contributed by atoms with Crippen molar-refractivity contribution in [2.24, 2.45) is 0 Å². The first-order chi connectivity index (χ1) is 7.95. The van der Waals surface area contributed by atoms with E-state index in [4.69, 9.17) is 0 Å². The van der Waals surface area contributed by atoms with Gasteiger partial charge in [-0.1, -0.05) is 35.6 Å². The van der Waals surface area contributed by atoms with Crippen LogP contribution >= 0.6 is 0 Å². The van der Waals surface area contributed by atoms with Crippen molar-refractivity contribution in [2.75, 3.05) is 0 Å². The predicted molar refractivity (Wildman–Crippen MR) is 70.0 cm³/mol. The molecule has 0 nitrogen and oxygen atoms in total. The third-order valence-electron chi connectivity index (χ3n) is 3.23. The second kappa shape index (κ2) is 6.38. The van der Waals surface area contributed by atoms with Gasteiger partial charge in [-0.2, -0.15) is 0 Å². The van der Waals surface area contributed by atoms with Gasteiger partial charge in [-0.15, -0.1) is 0 Å². The Hall–Kier alpha value is -1.22. The molecule has 0 aromatic heterocycles. The topological polar surface area (TPSA) is 0 Å². The van der Waals surface area contributed by atoms with Crippen LogP contribution < -0.4 is 0 Å². The van der Waals surface area contributed by atoms with Crippen LogP contribution in [0.1, 0.15) is 51.4 Å². The molecule has 84 valence electrons. The van der Waals surface area contributed by atoms with E-state index in [1.165, 1.54) is 62.5 Å². The minimum atomic E-state index is 1.18. The van der Waals surface area contributed by atoms with Gasteiger partial charge in [-0.05, 0) is 63.0 Å². The number of rotatable bonds is 1. The molecule has 0 atom stereocenters. The average molecular weight is 212 g/mol. The molecule has 0 fully saturated rings. The Morgan fingerprint density at radius 3 is 2.44 bits per heavy atom. The Labute approximate surface area is 99.1 Å². The summed E-state index contributed by atoms with van der Waals surface area (Å²) in [6, 6.07) is 0. The molecule has 0 aromatic carbocycles. The standard InChI is InChI=1S/C16H20/c1-3-9-15(10-4-1)13-7-8-14-16-11-5-2-6-12-16/h7,9,11,13H,1-6,10,12H2/b13-7+. The maximum absolute atomic E-state index is 3.26. The third-order valence-corrected chi connectivity index (χ3v) is 3.23. The van der Waals surface area contributed by atoms with E-state index in [-0.39, 0.29) is 0 Å². The number of hydrogen-bond acceptors (Lipinski definition) is 0. The van der Waals surface area contributed by atoms with Gasteiger partial charge in [0.15, 0.2) is 0 Å². The highest BCUT2D eigenvalue weighted by Gasteiger charge is 1.99. The van der Waals surface area contributed by atoms with Crippen LogP contribution in [-0.4, -0.2) is 0 Å². The molecule has 2 rings (SSSR count). The molecule has 0 aromatic rings. The van der Waals surface area contributed by atoms with E-state index < -0.39 is 0 Å². The van der Waals surface area contributed by atoms with Crippen LogP contribution in [0.25, 0.3) is 0 Å². The fraction of sp³-hybridized carbons (Fsp3) is 0.500. The first-order valence-electron chi connectivity index (χ1n) is 6.51. The van der Waals surface area contributed by atoms with Crippen LogP contribution in [0, 0.1) is 11.8 Å². The zero-order valence-electron chi connectivity index (χ0n) is 9.97. The number of allylic oxidation sites excluding steroid dienone is 6. The lowest BCUT2D eigenvalue weighted by Crippen LogP contribution is -1.88. The van der Waals surface area contributed by atoms with Crippen molar-refractivity contribution in [3.8, 4) is 11.8 Å². The lowest BCUT2D eigenvalue weighted by atomic mass is 9.99. The summed E-state index contributed by atoms with van der Waals surface area (Å²) in [5, 5.41) is 0. The van der Waals surface area contributed by atoms with Gasteiger partial charge in [-0.25, -0.2) is 0 Å². The summed E-state index contributed by atoms with van der Waals surface area (Å²) >= 11 is 0. The molecule has 2 aliphatic carbocycles. The van der Waals surface area contributed by atoms with Crippen molar-refractivity contribution in [1.29, 1.82) is 0 Å². The van der Waals surface area contributed by atoms with E-state index in [9.17, 15) is 0 Å². The van der Waals surface area contributed by atoms with Gasteiger partial charge < -0.3 is 0 Å². The zero-order chi connectivity index (χ0) is 11.1. The van der Waals surface area contributed by atoms with Crippen molar-refractivity contribution in [3.63, 3.8) is 0 Å². The van der Waals surface area contributed by atoms with E-state index in [2.05, 4.69) is 30.1 Å². The quantitative estimate of drug-likeness (QED) is 0.559. The molecule has 2 aliphatic rings. The van der Waals surface area contributed by atoms with Gasteiger partial charge in [0.2, 0.25) is 0 Å². The predicted octanol–water partition coefficient (Wildman–Crippen LogP) is 4.55. The summed E-state index contributed by atoms with van der Waals surface area (Å²) in [5.74, 6) is 6.42. The van der Waals surface area contributed by atoms with Crippen LogP contribution in [-0.2, 0) is 0 Å². The molecule has 0 amide bonds. The van der Waals surface area contributed by atoms with Gasteiger partial charge in [0, 0.05) is 0 Å². The highest BCUT2D eigenvalue weighted by molar-refractivity contribution is 5.35. The maximum Gasteiger partial charge on any atom is -0.00160 e. The molecule has 0 unspecified atom stereocenters. The Morgan fingerprint density at radius 1 is 0.938 bits per heavy atom. The van der Waals surface area contributed by atoms with E-state index in [0.717, 1.165) is 0 Å². The normalized spacial score (nSPS) is 21.0. The molecule has 0 radical (unpaired) electrons. The van der Waals surface area contributed by atoms with Gasteiger partial charge in [0.05, 0.1) is 0 Å². The fourth-order valence-corrected chi connectivity index (χ4v) is 2.25. The van der Waals surface area contributed by atoms with Crippen LogP contribution in [0.2, 0.25) is 0 Å². The Kier molecular flexibility index (Phi) is 4.50. The van der Waals surface area contributed by atoms with Gasteiger partial charge in [0.1, 0.15) is 0 Å². The van der Waals surface area contributed by atoms with E-state index in [1.807, 2.05) is 6.08 Å².